The van der Waals surface area contributed by atoms with E-state index in [0.717, 1.165) is 37.6 Å². The Balaban J connectivity index is 1.72. The number of piperazine rings is 1. The summed E-state index contributed by atoms with van der Waals surface area (Å²) in [5.74, 6) is 0.300. The van der Waals surface area contributed by atoms with Crippen molar-refractivity contribution in [3.63, 3.8) is 0 Å². The number of pyridine rings is 1. The van der Waals surface area contributed by atoms with Gasteiger partial charge in [0.1, 0.15) is 5.82 Å². The van der Waals surface area contributed by atoms with E-state index in [4.69, 9.17) is 0 Å². The molecule has 20 heavy (non-hydrogen) atoms. The molecule has 1 unspecified atom stereocenters. The summed E-state index contributed by atoms with van der Waals surface area (Å²) in [6, 6.07) is 3.91. The van der Waals surface area contributed by atoms with Crippen molar-refractivity contribution in [3.8, 4) is 0 Å². The van der Waals surface area contributed by atoms with Crippen LogP contribution in [0.5, 0.6) is 0 Å². The number of hydrogen-bond donors (Lipinski definition) is 2. The van der Waals surface area contributed by atoms with Gasteiger partial charge >= 0.3 is 0 Å². The Hall–Kier alpha value is -1.95. The van der Waals surface area contributed by atoms with Gasteiger partial charge in [-0.3, -0.25) is 14.9 Å². The van der Waals surface area contributed by atoms with Gasteiger partial charge in [-0.15, -0.1) is 0 Å². The van der Waals surface area contributed by atoms with Gasteiger partial charge in [-0.1, -0.05) is 6.07 Å². The minimum absolute atomic E-state index is 0.184. The summed E-state index contributed by atoms with van der Waals surface area (Å²) in [6.45, 7) is 3.84. The molecule has 0 saturated carbocycles. The van der Waals surface area contributed by atoms with Crippen molar-refractivity contribution in [1.82, 2.24) is 15.6 Å². The highest BCUT2D eigenvalue weighted by Crippen LogP contribution is 2.25. The van der Waals surface area contributed by atoms with Crippen molar-refractivity contribution in [3.05, 3.63) is 23.9 Å². The normalized spacial score (nSPS) is 23.6. The lowest BCUT2D eigenvalue weighted by molar-refractivity contribution is -0.134. The molecule has 0 spiro atoms. The van der Waals surface area contributed by atoms with Crippen LogP contribution in [-0.4, -0.2) is 43.0 Å². The Morgan fingerprint density at radius 2 is 2.00 bits per heavy atom. The number of nitrogens with zero attached hydrogens (tertiary/aromatic N) is 2. The first-order chi connectivity index (χ1) is 9.74. The van der Waals surface area contributed by atoms with Gasteiger partial charge in [0, 0.05) is 38.8 Å². The monoisotopic (exact) mass is 274 g/mol. The smallest absolute Gasteiger partial charge is 0.234 e. The second kappa shape index (κ2) is 5.58. The van der Waals surface area contributed by atoms with E-state index in [9.17, 15) is 9.59 Å². The molecule has 2 aliphatic heterocycles. The average Bonchev–Trinajstić information content (AvgIpc) is 2.48. The molecular weight excluding hydrogens is 256 g/mol. The molecule has 1 atom stereocenters. The Morgan fingerprint density at radius 3 is 2.65 bits per heavy atom. The molecule has 3 heterocycles. The predicted octanol–water partition coefficient (Wildman–Crippen LogP) is 0.0114. The molecule has 2 aliphatic rings. The molecule has 1 aromatic rings. The van der Waals surface area contributed by atoms with Crippen LogP contribution in [0.2, 0.25) is 0 Å². The van der Waals surface area contributed by atoms with Crippen molar-refractivity contribution in [2.24, 2.45) is 0 Å². The van der Waals surface area contributed by atoms with Crippen molar-refractivity contribution in [1.29, 1.82) is 0 Å². The molecular formula is C14H18N4O2. The van der Waals surface area contributed by atoms with E-state index in [1.165, 1.54) is 0 Å². The van der Waals surface area contributed by atoms with Gasteiger partial charge < -0.3 is 10.2 Å². The Morgan fingerprint density at radius 1 is 1.20 bits per heavy atom. The Labute approximate surface area is 117 Å². The summed E-state index contributed by atoms with van der Waals surface area (Å²) in [4.78, 5) is 29.7. The Bertz CT molecular complexity index is 508. The van der Waals surface area contributed by atoms with E-state index < -0.39 is 0 Å². The van der Waals surface area contributed by atoms with E-state index in [1.54, 1.807) is 6.20 Å². The number of amides is 2. The van der Waals surface area contributed by atoms with Gasteiger partial charge in [-0.25, -0.2) is 4.98 Å². The van der Waals surface area contributed by atoms with Crippen LogP contribution >= 0.6 is 0 Å². The summed E-state index contributed by atoms with van der Waals surface area (Å²) in [7, 11) is 0. The maximum Gasteiger partial charge on any atom is 0.234 e. The largest absolute Gasteiger partial charge is 0.354 e. The number of carbonyl (C=O) groups excluding carboxylic acids is 2. The minimum Gasteiger partial charge on any atom is -0.354 e. The zero-order valence-corrected chi connectivity index (χ0v) is 11.3. The first kappa shape index (κ1) is 13.1. The second-order valence-corrected chi connectivity index (χ2v) is 5.19. The summed E-state index contributed by atoms with van der Waals surface area (Å²) in [6.07, 6.45) is 2.73. The SMILES string of the molecule is O=C1CCC(c2ccc(N3CCNCC3)nc2)C(=O)N1. The zero-order valence-electron chi connectivity index (χ0n) is 11.3. The van der Waals surface area contributed by atoms with Gasteiger partial charge in [-0.05, 0) is 18.1 Å². The van der Waals surface area contributed by atoms with Crippen molar-refractivity contribution < 1.29 is 9.59 Å². The van der Waals surface area contributed by atoms with Crippen LogP contribution in [0, 0.1) is 0 Å². The lowest BCUT2D eigenvalue weighted by Gasteiger charge is -2.28. The number of rotatable bonds is 2. The van der Waals surface area contributed by atoms with E-state index in [0.29, 0.717) is 12.8 Å². The van der Waals surface area contributed by atoms with Crippen LogP contribution in [0.4, 0.5) is 5.82 Å². The number of anilines is 1. The number of hydrogen-bond acceptors (Lipinski definition) is 5. The molecule has 6 nitrogen and oxygen atoms in total. The highest BCUT2D eigenvalue weighted by molar-refractivity contribution is 6.00. The maximum absolute atomic E-state index is 11.8. The van der Waals surface area contributed by atoms with Gasteiger partial charge in [0.15, 0.2) is 0 Å². The Kier molecular flexibility index (Phi) is 3.64. The molecule has 2 N–H and O–H groups in total. The standard InChI is InChI=1S/C14H18N4O2/c19-13-4-2-11(14(20)17-13)10-1-3-12(16-9-10)18-7-5-15-6-8-18/h1,3,9,11,15H,2,4-8H2,(H,17,19,20). The number of piperidine rings is 1. The molecule has 0 aliphatic carbocycles. The van der Waals surface area contributed by atoms with Crippen LogP contribution in [0.15, 0.2) is 18.3 Å². The van der Waals surface area contributed by atoms with Crippen LogP contribution in [0.3, 0.4) is 0 Å². The van der Waals surface area contributed by atoms with Gasteiger partial charge in [-0.2, -0.15) is 0 Å². The molecule has 106 valence electrons. The third kappa shape index (κ3) is 2.65. The number of carbonyl (C=O) groups is 2. The first-order valence-corrected chi connectivity index (χ1v) is 6.99. The number of imide groups is 1. The minimum atomic E-state index is -0.253. The molecule has 1 aromatic heterocycles. The lowest BCUT2D eigenvalue weighted by atomic mass is 9.92. The van der Waals surface area contributed by atoms with Crippen molar-refractivity contribution in [2.45, 2.75) is 18.8 Å². The van der Waals surface area contributed by atoms with Crippen LogP contribution in [0.1, 0.15) is 24.3 Å². The quantitative estimate of drug-likeness (QED) is 0.743. The van der Waals surface area contributed by atoms with Gasteiger partial charge in [0.2, 0.25) is 11.8 Å². The van der Waals surface area contributed by atoms with Gasteiger partial charge in [0.05, 0.1) is 5.92 Å². The van der Waals surface area contributed by atoms with Crippen LogP contribution in [-0.2, 0) is 9.59 Å². The lowest BCUT2D eigenvalue weighted by Crippen LogP contribution is -2.44. The molecule has 3 rings (SSSR count). The molecule has 0 bridgehead atoms. The van der Waals surface area contributed by atoms with E-state index >= 15 is 0 Å². The first-order valence-electron chi connectivity index (χ1n) is 6.99. The maximum atomic E-state index is 11.8. The fourth-order valence-corrected chi connectivity index (χ4v) is 2.70. The molecule has 2 saturated heterocycles. The summed E-state index contributed by atoms with van der Waals surface area (Å²) in [5.41, 5.74) is 0.883. The summed E-state index contributed by atoms with van der Waals surface area (Å²) < 4.78 is 0. The van der Waals surface area contributed by atoms with Crippen molar-refractivity contribution in [2.75, 3.05) is 31.1 Å². The molecule has 2 amide bonds. The summed E-state index contributed by atoms with van der Waals surface area (Å²) >= 11 is 0. The fraction of sp³-hybridized carbons (Fsp3) is 0.500. The second-order valence-electron chi connectivity index (χ2n) is 5.19. The molecule has 6 heteroatoms. The van der Waals surface area contributed by atoms with E-state index in [1.807, 2.05) is 12.1 Å². The predicted molar refractivity (Wildman–Crippen MR) is 74.4 cm³/mol. The number of aromatic nitrogens is 1. The van der Waals surface area contributed by atoms with Crippen LogP contribution < -0.4 is 15.5 Å². The fourth-order valence-electron chi connectivity index (χ4n) is 2.70. The van der Waals surface area contributed by atoms with Gasteiger partial charge in [0.25, 0.3) is 0 Å². The van der Waals surface area contributed by atoms with E-state index in [2.05, 4.69) is 20.5 Å². The highest BCUT2D eigenvalue weighted by Gasteiger charge is 2.28. The molecule has 2 fully saturated rings. The van der Waals surface area contributed by atoms with Crippen molar-refractivity contribution >= 4 is 17.6 Å². The molecule has 0 aromatic carbocycles. The molecule has 0 radical (unpaired) electrons. The van der Waals surface area contributed by atoms with Crippen LogP contribution in [0.25, 0.3) is 0 Å². The summed E-state index contributed by atoms with van der Waals surface area (Å²) in [5, 5.41) is 5.68. The third-order valence-corrected chi connectivity index (χ3v) is 3.85. The average molecular weight is 274 g/mol. The third-order valence-electron chi connectivity index (χ3n) is 3.85. The zero-order chi connectivity index (χ0) is 13.9. The topological polar surface area (TPSA) is 74.3 Å². The van der Waals surface area contributed by atoms with E-state index in [-0.39, 0.29) is 17.7 Å². The number of nitrogens with one attached hydrogen (secondary N) is 2. The highest BCUT2D eigenvalue weighted by atomic mass is 16.2.